The molecule has 1 heterocycles. The Kier molecular flexibility index (Phi) is 8.26. The van der Waals surface area contributed by atoms with Gasteiger partial charge >= 0.3 is 0 Å². The number of carbonyl (C=O) groups excluding carboxylic acids is 2. The fourth-order valence-corrected chi connectivity index (χ4v) is 3.14. The summed E-state index contributed by atoms with van der Waals surface area (Å²) in [5.74, 6) is 0.666. The number of likely N-dealkylation sites (tertiary alicyclic amines) is 1. The Balaban J connectivity index is 0.00000264. The summed E-state index contributed by atoms with van der Waals surface area (Å²) in [5.41, 5.74) is 8.04. The van der Waals surface area contributed by atoms with E-state index in [1.165, 1.54) is 18.2 Å². The van der Waals surface area contributed by atoms with Gasteiger partial charge in [0.05, 0.1) is 11.5 Å². The Morgan fingerprint density at radius 3 is 2.61 bits per heavy atom. The van der Waals surface area contributed by atoms with Gasteiger partial charge in [-0.2, -0.15) is 0 Å². The second-order valence-corrected chi connectivity index (χ2v) is 6.54. The number of aryl methyl sites for hydroxylation is 1. The zero-order chi connectivity index (χ0) is 15.9. The van der Waals surface area contributed by atoms with Crippen molar-refractivity contribution in [3.63, 3.8) is 0 Å². The first-order valence-corrected chi connectivity index (χ1v) is 8.73. The summed E-state index contributed by atoms with van der Waals surface area (Å²) in [5, 5.41) is 2.84. The second kappa shape index (κ2) is 9.67. The second-order valence-electron chi connectivity index (χ2n) is 5.56. The molecule has 0 spiro atoms. The quantitative estimate of drug-likeness (QED) is 0.794. The maximum Gasteiger partial charge on any atom is 0.234 e. The van der Waals surface area contributed by atoms with Crippen LogP contribution < -0.4 is 11.1 Å². The lowest BCUT2D eigenvalue weighted by Gasteiger charge is -2.26. The van der Waals surface area contributed by atoms with E-state index in [1.54, 1.807) is 12.1 Å². The van der Waals surface area contributed by atoms with Crippen molar-refractivity contribution >= 4 is 47.4 Å². The topological polar surface area (TPSA) is 75.4 Å². The monoisotopic (exact) mass is 357 g/mol. The van der Waals surface area contributed by atoms with Crippen LogP contribution in [-0.4, -0.2) is 41.3 Å². The number of nitrogen functional groups attached to an aromatic ring is 1. The van der Waals surface area contributed by atoms with E-state index in [1.807, 2.05) is 17.9 Å². The molecule has 0 bridgehead atoms. The average molecular weight is 358 g/mol. The van der Waals surface area contributed by atoms with E-state index in [4.69, 9.17) is 5.73 Å². The molecule has 0 aliphatic carbocycles. The summed E-state index contributed by atoms with van der Waals surface area (Å²) in [4.78, 5) is 25.8. The van der Waals surface area contributed by atoms with E-state index in [2.05, 4.69) is 5.32 Å². The van der Waals surface area contributed by atoms with Gasteiger partial charge in [-0.1, -0.05) is 6.07 Å². The lowest BCUT2D eigenvalue weighted by Crippen LogP contribution is -2.37. The van der Waals surface area contributed by atoms with Crippen LogP contribution in [0.1, 0.15) is 24.8 Å². The Labute approximate surface area is 147 Å². The molecule has 0 aromatic heterocycles. The molecule has 1 saturated heterocycles. The number of rotatable bonds is 5. The minimum atomic E-state index is -0.106. The molecule has 1 fully saturated rings. The highest BCUT2D eigenvalue weighted by Gasteiger charge is 2.16. The smallest absolute Gasteiger partial charge is 0.234 e. The van der Waals surface area contributed by atoms with Crippen LogP contribution in [0.3, 0.4) is 0 Å². The number of piperidine rings is 1. The molecule has 0 unspecified atom stereocenters. The van der Waals surface area contributed by atoms with Crippen LogP contribution in [-0.2, 0) is 9.59 Å². The Morgan fingerprint density at radius 1 is 1.22 bits per heavy atom. The van der Waals surface area contributed by atoms with Gasteiger partial charge in [0.2, 0.25) is 11.8 Å². The summed E-state index contributed by atoms with van der Waals surface area (Å²) in [6.45, 7) is 3.63. The van der Waals surface area contributed by atoms with Gasteiger partial charge in [0.15, 0.2) is 0 Å². The molecule has 1 aliphatic rings. The summed E-state index contributed by atoms with van der Waals surface area (Å²) >= 11 is 1.36. The third-order valence-electron chi connectivity index (χ3n) is 3.70. The van der Waals surface area contributed by atoms with Gasteiger partial charge in [-0.3, -0.25) is 9.59 Å². The number of amides is 2. The van der Waals surface area contributed by atoms with Crippen molar-refractivity contribution in [2.24, 2.45) is 0 Å². The van der Waals surface area contributed by atoms with Gasteiger partial charge in [-0.25, -0.2) is 0 Å². The maximum absolute atomic E-state index is 12.0. The largest absolute Gasteiger partial charge is 0.399 e. The van der Waals surface area contributed by atoms with E-state index in [9.17, 15) is 9.59 Å². The number of hydrogen-bond donors (Lipinski definition) is 2. The molecular weight excluding hydrogens is 334 g/mol. The van der Waals surface area contributed by atoms with Gasteiger partial charge in [0.25, 0.3) is 0 Å². The normalized spacial score (nSPS) is 14.0. The minimum absolute atomic E-state index is 0. The minimum Gasteiger partial charge on any atom is -0.399 e. The number of benzene rings is 1. The molecule has 0 saturated carbocycles. The fourth-order valence-electron chi connectivity index (χ4n) is 2.43. The molecular formula is C16H24ClN3O2S. The number of hydrogen-bond acceptors (Lipinski definition) is 4. The van der Waals surface area contributed by atoms with Crippen LogP contribution in [0.2, 0.25) is 0 Å². The lowest BCUT2D eigenvalue weighted by molar-refractivity contribution is -0.129. The molecule has 3 N–H and O–H groups in total. The highest BCUT2D eigenvalue weighted by atomic mass is 35.5. The van der Waals surface area contributed by atoms with E-state index >= 15 is 0 Å². The molecule has 7 heteroatoms. The summed E-state index contributed by atoms with van der Waals surface area (Å²) in [6, 6.07) is 5.42. The number of nitrogens with zero attached hydrogens (tertiary/aromatic N) is 1. The molecule has 1 aromatic carbocycles. The van der Waals surface area contributed by atoms with E-state index < -0.39 is 0 Å². The van der Waals surface area contributed by atoms with Crippen molar-refractivity contribution < 1.29 is 9.59 Å². The molecule has 23 heavy (non-hydrogen) atoms. The number of thioether (sulfide) groups is 1. The predicted octanol–water partition coefficient (Wildman–Crippen LogP) is 2.68. The third kappa shape index (κ3) is 6.31. The van der Waals surface area contributed by atoms with Crippen molar-refractivity contribution in [3.8, 4) is 0 Å². The highest BCUT2D eigenvalue weighted by molar-refractivity contribution is 8.00. The molecule has 1 aromatic rings. The van der Waals surface area contributed by atoms with Gasteiger partial charge in [-0.05, 0) is 43.9 Å². The first-order valence-electron chi connectivity index (χ1n) is 7.58. The molecule has 0 atom stereocenters. The summed E-state index contributed by atoms with van der Waals surface area (Å²) < 4.78 is 0. The number of anilines is 2. The lowest BCUT2D eigenvalue weighted by atomic mass is 10.1. The van der Waals surface area contributed by atoms with Crippen LogP contribution in [0.15, 0.2) is 18.2 Å². The summed E-state index contributed by atoms with van der Waals surface area (Å²) in [7, 11) is 0. The molecule has 0 radical (unpaired) electrons. The Morgan fingerprint density at radius 2 is 1.91 bits per heavy atom. The van der Waals surface area contributed by atoms with Crippen molar-refractivity contribution in [1.29, 1.82) is 0 Å². The predicted molar refractivity (Wildman–Crippen MR) is 99.2 cm³/mol. The highest BCUT2D eigenvalue weighted by Crippen LogP contribution is 2.18. The third-order valence-corrected chi connectivity index (χ3v) is 4.62. The van der Waals surface area contributed by atoms with E-state index in [-0.39, 0.29) is 30.0 Å². The molecule has 5 nitrogen and oxygen atoms in total. The molecule has 128 valence electrons. The van der Waals surface area contributed by atoms with Crippen LogP contribution in [0.25, 0.3) is 0 Å². The van der Waals surface area contributed by atoms with Crippen LogP contribution in [0, 0.1) is 6.92 Å². The zero-order valence-electron chi connectivity index (χ0n) is 13.3. The number of carbonyl (C=O) groups is 2. The van der Waals surface area contributed by atoms with E-state index in [0.29, 0.717) is 11.4 Å². The van der Waals surface area contributed by atoms with Gasteiger partial charge in [-0.15, -0.1) is 24.2 Å². The van der Waals surface area contributed by atoms with Gasteiger partial charge in [0, 0.05) is 24.5 Å². The van der Waals surface area contributed by atoms with Crippen molar-refractivity contribution in [3.05, 3.63) is 23.8 Å². The van der Waals surface area contributed by atoms with Crippen LogP contribution >= 0.6 is 24.2 Å². The first kappa shape index (κ1) is 19.6. The van der Waals surface area contributed by atoms with Crippen LogP contribution in [0.4, 0.5) is 11.4 Å². The molecule has 2 rings (SSSR count). The van der Waals surface area contributed by atoms with E-state index in [0.717, 1.165) is 37.2 Å². The van der Waals surface area contributed by atoms with Gasteiger partial charge < -0.3 is 16.0 Å². The number of nitrogens with two attached hydrogens (primary N) is 1. The first-order chi connectivity index (χ1) is 10.6. The Bertz CT molecular complexity index is 548. The standard InChI is InChI=1S/C16H23N3O2S.ClH/c1-12-5-6-13(17)9-14(12)18-15(20)10-22-11-16(21)19-7-3-2-4-8-19;/h5-6,9H,2-4,7-8,10-11,17H2,1H3,(H,18,20);1H. The molecule has 1 aliphatic heterocycles. The van der Waals surface area contributed by atoms with Crippen molar-refractivity contribution in [2.75, 3.05) is 35.6 Å². The molecule has 2 amide bonds. The SMILES string of the molecule is Cc1ccc(N)cc1NC(=O)CSCC(=O)N1CCCCC1.Cl. The Hall–Kier alpha value is -1.40. The van der Waals surface area contributed by atoms with Crippen molar-refractivity contribution in [2.45, 2.75) is 26.2 Å². The average Bonchev–Trinajstić information content (AvgIpc) is 2.51. The number of halogens is 1. The summed E-state index contributed by atoms with van der Waals surface area (Å²) in [6.07, 6.45) is 3.39. The van der Waals surface area contributed by atoms with Crippen molar-refractivity contribution in [1.82, 2.24) is 4.90 Å². The number of nitrogens with one attached hydrogen (secondary N) is 1. The zero-order valence-corrected chi connectivity index (χ0v) is 15.0. The fraction of sp³-hybridized carbons (Fsp3) is 0.500. The maximum atomic E-state index is 12.0. The van der Waals surface area contributed by atoms with Crippen LogP contribution in [0.5, 0.6) is 0 Å². The van der Waals surface area contributed by atoms with Gasteiger partial charge in [0.1, 0.15) is 0 Å².